The molecule has 5 atom stereocenters. The topological polar surface area (TPSA) is 166 Å². The Bertz CT molecular complexity index is 1500. The Hall–Kier alpha value is -3.23. The molecule has 51 heavy (non-hydrogen) atoms. The van der Waals surface area contributed by atoms with E-state index < -0.39 is 49.7 Å². The molecule has 0 radical (unpaired) electrons. The zero-order chi connectivity index (χ0) is 37.7. The summed E-state index contributed by atoms with van der Waals surface area (Å²) in [6, 6.07) is 1.01. The predicted octanol–water partition coefficient (Wildman–Crippen LogP) is 4.54. The van der Waals surface area contributed by atoms with E-state index in [1.54, 1.807) is 0 Å². The van der Waals surface area contributed by atoms with E-state index in [2.05, 4.69) is 73.0 Å². The maximum atomic E-state index is 15.4. The van der Waals surface area contributed by atoms with Crippen molar-refractivity contribution in [1.29, 1.82) is 0 Å². The predicted molar refractivity (Wildman–Crippen MR) is 198 cm³/mol. The van der Waals surface area contributed by atoms with Crippen molar-refractivity contribution >= 4 is 13.7 Å². The quantitative estimate of drug-likeness (QED) is 0.0673. The Labute approximate surface area is 300 Å². The molecule has 0 saturated carbocycles. The van der Waals surface area contributed by atoms with Crippen molar-refractivity contribution in [3.63, 3.8) is 0 Å². The third-order valence-corrected chi connectivity index (χ3v) is 9.76. The molecular formula is C36H57FN5O8P. The van der Waals surface area contributed by atoms with Gasteiger partial charge in [-0.1, -0.05) is 67.7 Å². The molecule has 1 aliphatic rings. The average molecular weight is 738 g/mol. The van der Waals surface area contributed by atoms with Crippen LogP contribution in [0.1, 0.15) is 71.4 Å². The fourth-order valence-corrected chi connectivity index (χ4v) is 5.89. The molecular weight excluding hydrogens is 680 g/mol. The van der Waals surface area contributed by atoms with E-state index in [1.165, 1.54) is 7.05 Å². The van der Waals surface area contributed by atoms with E-state index >= 15 is 4.39 Å². The van der Waals surface area contributed by atoms with Gasteiger partial charge in [0, 0.05) is 44.9 Å². The van der Waals surface area contributed by atoms with Crippen LogP contribution in [0.5, 0.6) is 0 Å². The largest absolute Gasteiger partial charge is 0.405 e. The smallest absolute Gasteiger partial charge is 0.387 e. The van der Waals surface area contributed by atoms with Crippen molar-refractivity contribution in [3.05, 3.63) is 93.9 Å². The monoisotopic (exact) mass is 737 g/mol. The number of nitrogens with one attached hydrogen (secondary N) is 2. The van der Waals surface area contributed by atoms with Crippen LogP contribution in [0.4, 0.5) is 4.39 Å². The number of aliphatic hydroxyl groups excluding tert-OH is 1. The molecule has 0 spiro atoms. The molecule has 1 aliphatic heterocycles. The Morgan fingerprint density at radius 2 is 1.63 bits per heavy atom. The Kier molecular flexibility index (Phi) is 20.1. The molecule has 0 bridgehead atoms. The maximum Gasteiger partial charge on any atom is 0.405 e. The van der Waals surface area contributed by atoms with Gasteiger partial charge in [-0.15, -0.1) is 0 Å². The summed E-state index contributed by atoms with van der Waals surface area (Å²) < 4.78 is 40.8. The normalized spacial score (nSPS) is 22.6. The van der Waals surface area contributed by atoms with Crippen LogP contribution < -0.4 is 16.6 Å². The van der Waals surface area contributed by atoms with Crippen LogP contribution in [0.25, 0.3) is 0 Å². The second-order valence-corrected chi connectivity index (χ2v) is 14.5. The van der Waals surface area contributed by atoms with Gasteiger partial charge in [-0.05, 0) is 66.0 Å². The van der Waals surface area contributed by atoms with Crippen molar-refractivity contribution in [2.75, 3.05) is 46.9 Å². The minimum Gasteiger partial charge on any atom is -0.387 e. The molecule has 1 saturated heterocycles. The van der Waals surface area contributed by atoms with Crippen LogP contribution in [0.2, 0.25) is 0 Å². The molecule has 13 nitrogen and oxygen atoms in total. The zero-order valence-corrected chi connectivity index (χ0v) is 31.3. The minimum atomic E-state index is -4.36. The number of carbonyl (C=O) groups excluding carboxylic acids is 1. The Morgan fingerprint density at radius 1 is 1.04 bits per heavy atom. The van der Waals surface area contributed by atoms with Crippen molar-refractivity contribution in [3.8, 4) is 0 Å². The summed E-state index contributed by atoms with van der Waals surface area (Å²) in [4.78, 5) is 50.0. The first-order valence-electron chi connectivity index (χ1n) is 17.5. The minimum absolute atomic E-state index is 0.0329. The number of unbranched alkanes of at least 4 members (excludes halogenated alkanes) is 1. The molecule has 2 rings (SSSR count). The van der Waals surface area contributed by atoms with Gasteiger partial charge in [0.25, 0.3) is 5.56 Å². The molecule has 1 amide bonds. The number of likely N-dealkylation sites (N-methyl/N-ethyl adjacent to an activating group) is 2. The van der Waals surface area contributed by atoms with E-state index in [9.17, 15) is 28.9 Å². The second-order valence-electron chi connectivity index (χ2n) is 12.6. The van der Waals surface area contributed by atoms with Crippen molar-refractivity contribution in [2.45, 2.75) is 89.3 Å². The summed E-state index contributed by atoms with van der Waals surface area (Å²) in [7, 11) is -1.15. The van der Waals surface area contributed by atoms with E-state index in [-0.39, 0.29) is 12.5 Å². The number of alkyl halides is 1. The highest BCUT2D eigenvalue weighted by atomic mass is 31.2. The fourth-order valence-electron chi connectivity index (χ4n) is 5.01. The van der Waals surface area contributed by atoms with Gasteiger partial charge in [0.15, 0.2) is 11.9 Å². The third-order valence-electron chi connectivity index (χ3n) is 8.21. The first-order chi connectivity index (χ1) is 24.3. The summed E-state index contributed by atoms with van der Waals surface area (Å²) in [5, 5.41) is 13.4. The van der Waals surface area contributed by atoms with Crippen LogP contribution >= 0.6 is 7.75 Å². The number of H-pyrrole nitrogens is 1. The van der Waals surface area contributed by atoms with Crippen LogP contribution in [0.3, 0.4) is 0 Å². The van der Waals surface area contributed by atoms with Crippen LogP contribution in [-0.4, -0.2) is 99.8 Å². The van der Waals surface area contributed by atoms with Crippen molar-refractivity contribution in [2.24, 2.45) is 0 Å². The number of ether oxygens (including phenoxy) is 1. The molecule has 1 aromatic heterocycles. The number of amides is 1. The number of aromatic amines is 1. The number of carbonyl (C=O) groups is 1. The number of hydrogen-bond acceptors (Lipinski definition) is 8. The summed E-state index contributed by atoms with van der Waals surface area (Å²) in [5.74, 6) is -0.0329. The van der Waals surface area contributed by atoms with Gasteiger partial charge in [0.2, 0.25) is 5.91 Å². The number of halogens is 1. The first kappa shape index (κ1) is 43.9. The van der Waals surface area contributed by atoms with Gasteiger partial charge in [-0.2, -0.15) is 0 Å². The second kappa shape index (κ2) is 23.4. The Morgan fingerprint density at radius 3 is 2.22 bits per heavy atom. The number of allylic oxidation sites excluding steroid dienone is 10. The molecule has 4 N–H and O–H groups in total. The average Bonchev–Trinajstić information content (AvgIpc) is 3.31. The van der Waals surface area contributed by atoms with Gasteiger partial charge in [0.1, 0.15) is 12.2 Å². The number of rotatable bonds is 24. The standard InChI is InChI=1S/C36H57FN5O8P/c1-5-6-7-8-9-10-11-12-13-14-15-16-17-18-19-20-21-22-31(43)38-24-26-40(3)27-28-41(4)51(47,48)49-29-30-33(45)36(2,37)34(50-30)42-25-23-32(44)39-35(42)46/h6-7,9-10,12-13,15-16,18-19,23,25,30,33-34,45H,5,8,11,14,17,20-22,24,26-29H2,1-4H3,(H,38,43)(H,47,48)(H,39,44,46)/t30-,33-,34-,36-/m1/s1. The van der Waals surface area contributed by atoms with Gasteiger partial charge >= 0.3 is 13.4 Å². The molecule has 286 valence electrons. The van der Waals surface area contributed by atoms with Gasteiger partial charge in [-0.3, -0.25) is 23.7 Å². The first-order valence-corrected chi connectivity index (χ1v) is 19.1. The fraction of sp³-hybridized carbons (Fsp3) is 0.583. The Balaban J connectivity index is 1.57. The summed E-state index contributed by atoms with van der Waals surface area (Å²) in [6.07, 6.45) is 24.6. The number of aromatic nitrogens is 2. The maximum absolute atomic E-state index is 15.4. The lowest BCUT2D eigenvalue weighted by Crippen LogP contribution is -2.43. The van der Waals surface area contributed by atoms with E-state index in [1.807, 2.05) is 16.9 Å². The molecule has 0 aliphatic carbocycles. The lowest BCUT2D eigenvalue weighted by Gasteiger charge is -2.26. The lowest BCUT2D eigenvalue weighted by molar-refractivity contribution is -0.121. The summed E-state index contributed by atoms with van der Waals surface area (Å²) in [5.41, 5.74) is -4.08. The number of nitrogens with zero attached hydrogens (tertiary/aromatic N) is 3. The third kappa shape index (κ3) is 16.3. The van der Waals surface area contributed by atoms with E-state index in [4.69, 9.17) is 9.26 Å². The summed E-state index contributed by atoms with van der Waals surface area (Å²) >= 11 is 0. The van der Waals surface area contributed by atoms with E-state index in [0.29, 0.717) is 26.1 Å². The molecule has 0 aromatic carbocycles. The molecule has 1 fully saturated rings. The number of aliphatic hydroxyl groups is 1. The molecule has 15 heteroatoms. The highest BCUT2D eigenvalue weighted by Crippen LogP contribution is 2.47. The van der Waals surface area contributed by atoms with Crippen molar-refractivity contribution < 1.29 is 33.0 Å². The van der Waals surface area contributed by atoms with Crippen LogP contribution in [0, 0.1) is 0 Å². The highest BCUT2D eigenvalue weighted by molar-refractivity contribution is 7.50. The highest BCUT2D eigenvalue weighted by Gasteiger charge is 2.55. The van der Waals surface area contributed by atoms with E-state index in [0.717, 1.165) is 73.4 Å². The lowest BCUT2D eigenvalue weighted by atomic mass is 9.98. The number of hydrogen-bond donors (Lipinski definition) is 4. The van der Waals surface area contributed by atoms with Gasteiger partial charge in [-0.25, -0.2) is 18.4 Å². The zero-order valence-electron chi connectivity index (χ0n) is 30.4. The molecule has 1 aromatic rings. The summed E-state index contributed by atoms with van der Waals surface area (Å²) in [6.45, 7) is 3.99. The molecule has 1 unspecified atom stereocenters. The van der Waals surface area contributed by atoms with Gasteiger partial charge < -0.3 is 25.0 Å². The SMILES string of the molecule is CCC=CCC=CCC=CCC=CCC=CCCCC(=O)NCCN(C)CCN(C)P(=O)(O)OC[C@H]1O[C@@H](n2ccc(=O)[nH]c2=O)[C@](C)(F)[C@@H]1O. The van der Waals surface area contributed by atoms with Crippen LogP contribution in [-0.2, 0) is 18.6 Å². The van der Waals surface area contributed by atoms with Gasteiger partial charge in [0.05, 0.1) is 6.61 Å². The van der Waals surface area contributed by atoms with Crippen LogP contribution in [0.15, 0.2) is 82.6 Å². The molecule has 2 heterocycles. The van der Waals surface area contributed by atoms with Crippen molar-refractivity contribution in [1.82, 2.24) is 24.4 Å².